The van der Waals surface area contributed by atoms with E-state index >= 15 is 0 Å². The number of nitrogen functional groups attached to an aromatic ring is 1. The summed E-state index contributed by atoms with van der Waals surface area (Å²) in [6.45, 7) is 5.08. The Bertz CT molecular complexity index is 651. The van der Waals surface area contributed by atoms with Gasteiger partial charge in [0.05, 0.1) is 0 Å². The number of rotatable bonds is 1. The normalized spacial score (nSPS) is 10.6. The Morgan fingerprint density at radius 2 is 2.31 bits per heavy atom. The van der Waals surface area contributed by atoms with Gasteiger partial charge in [-0.05, 0) is 6.92 Å². The van der Waals surface area contributed by atoms with Crippen LogP contribution in [0.1, 0.15) is 11.7 Å². The SMILES string of the molecule is C=C(C)C(=O)n1cnc2c(=O)[nH]c(N)nc21. The van der Waals surface area contributed by atoms with Crippen LogP contribution in [-0.2, 0) is 0 Å². The van der Waals surface area contributed by atoms with Crippen molar-refractivity contribution in [2.24, 2.45) is 0 Å². The Labute approximate surface area is 89.6 Å². The van der Waals surface area contributed by atoms with E-state index in [0.717, 1.165) is 4.57 Å². The van der Waals surface area contributed by atoms with Crippen molar-refractivity contribution >= 4 is 23.0 Å². The first-order chi connectivity index (χ1) is 7.50. The molecule has 2 heterocycles. The number of hydrogen-bond acceptors (Lipinski definition) is 5. The lowest BCUT2D eigenvalue weighted by Gasteiger charge is -2.00. The summed E-state index contributed by atoms with van der Waals surface area (Å²) in [5.41, 5.74) is 5.44. The first-order valence-corrected chi connectivity index (χ1v) is 4.43. The number of carbonyl (C=O) groups is 1. The number of imidazole rings is 1. The van der Waals surface area contributed by atoms with E-state index in [9.17, 15) is 9.59 Å². The highest BCUT2D eigenvalue weighted by Gasteiger charge is 2.14. The highest BCUT2D eigenvalue weighted by Crippen LogP contribution is 2.08. The van der Waals surface area contributed by atoms with Crippen molar-refractivity contribution in [2.75, 3.05) is 5.73 Å². The Balaban J connectivity index is 2.79. The number of hydrogen-bond donors (Lipinski definition) is 2. The quantitative estimate of drug-likeness (QED) is 0.652. The van der Waals surface area contributed by atoms with Crippen LogP contribution < -0.4 is 11.3 Å². The molecule has 0 spiro atoms. The molecule has 0 atom stereocenters. The number of nitrogens with zero attached hydrogens (tertiary/aromatic N) is 3. The second-order valence-electron chi connectivity index (χ2n) is 3.32. The predicted molar refractivity (Wildman–Crippen MR) is 58.0 cm³/mol. The van der Waals surface area contributed by atoms with Gasteiger partial charge in [-0.1, -0.05) is 6.58 Å². The second-order valence-corrected chi connectivity index (χ2v) is 3.32. The smallest absolute Gasteiger partial charge is 0.280 e. The largest absolute Gasteiger partial charge is 0.369 e. The number of H-pyrrole nitrogens is 1. The zero-order chi connectivity index (χ0) is 11.9. The van der Waals surface area contributed by atoms with Crippen LogP contribution in [-0.4, -0.2) is 25.4 Å². The predicted octanol–water partition coefficient (Wildman–Crippen LogP) is -0.0819. The molecule has 0 aliphatic heterocycles. The van der Waals surface area contributed by atoms with Crippen LogP contribution in [0.5, 0.6) is 0 Å². The van der Waals surface area contributed by atoms with Crippen molar-refractivity contribution in [3.05, 3.63) is 28.8 Å². The van der Waals surface area contributed by atoms with Crippen LogP contribution in [0.25, 0.3) is 11.2 Å². The molecular formula is C9H9N5O2. The molecule has 0 aliphatic carbocycles. The fourth-order valence-corrected chi connectivity index (χ4v) is 1.28. The molecule has 0 radical (unpaired) electrons. The Morgan fingerprint density at radius 3 is 2.94 bits per heavy atom. The van der Waals surface area contributed by atoms with E-state index in [2.05, 4.69) is 21.5 Å². The number of allylic oxidation sites excluding steroid dienone is 1. The maximum atomic E-state index is 11.7. The van der Waals surface area contributed by atoms with Gasteiger partial charge in [-0.15, -0.1) is 0 Å². The molecule has 0 aliphatic rings. The molecule has 7 heteroatoms. The van der Waals surface area contributed by atoms with Crippen molar-refractivity contribution in [1.82, 2.24) is 19.5 Å². The molecule has 7 nitrogen and oxygen atoms in total. The summed E-state index contributed by atoms with van der Waals surface area (Å²) in [5.74, 6) is -0.436. The summed E-state index contributed by atoms with van der Waals surface area (Å²) >= 11 is 0. The molecule has 0 bridgehead atoms. The van der Waals surface area contributed by atoms with E-state index in [1.54, 1.807) is 6.92 Å². The number of nitrogens with two attached hydrogens (primary N) is 1. The molecule has 3 N–H and O–H groups in total. The molecule has 0 amide bonds. The summed E-state index contributed by atoms with van der Waals surface area (Å²) < 4.78 is 1.14. The Kier molecular flexibility index (Phi) is 2.08. The van der Waals surface area contributed by atoms with E-state index in [1.807, 2.05) is 0 Å². The van der Waals surface area contributed by atoms with E-state index in [1.165, 1.54) is 6.33 Å². The van der Waals surface area contributed by atoms with Gasteiger partial charge < -0.3 is 5.73 Å². The highest BCUT2D eigenvalue weighted by molar-refractivity contribution is 5.98. The number of anilines is 1. The van der Waals surface area contributed by atoms with E-state index in [4.69, 9.17) is 5.73 Å². The van der Waals surface area contributed by atoms with Crippen LogP contribution in [0.15, 0.2) is 23.3 Å². The summed E-state index contributed by atoms with van der Waals surface area (Å²) in [6, 6.07) is 0. The molecular weight excluding hydrogens is 210 g/mol. The molecule has 0 aromatic carbocycles. The van der Waals surface area contributed by atoms with Crippen LogP contribution in [0.2, 0.25) is 0 Å². The van der Waals surface area contributed by atoms with Gasteiger partial charge in [0.2, 0.25) is 5.95 Å². The molecule has 2 rings (SSSR count). The molecule has 2 aromatic heterocycles. The third kappa shape index (κ3) is 1.38. The molecule has 0 unspecified atom stereocenters. The van der Waals surface area contributed by atoms with Crippen molar-refractivity contribution in [3.8, 4) is 0 Å². The molecule has 16 heavy (non-hydrogen) atoms. The van der Waals surface area contributed by atoms with Gasteiger partial charge in [-0.2, -0.15) is 4.98 Å². The van der Waals surface area contributed by atoms with Crippen molar-refractivity contribution < 1.29 is 4.79 Å². The van der Waals surface area contributed by atoms with Gasteiger partial charge in [-0.25, -0.2) is 9.55 Å². The number of aromatic amines is 1. The molecule has 82 valence electrons. The summed E-state index contributed by atoms with van der Waals surface area (Å²) in [4.78, 5) is 33.1. The third-order valence-electron chi connectivity index (χ3n) is 2.01. The van der Waals surface area contributed by atoms with Crippen molar-refractivity contribution in [3.63, 3.8) is 0 Å². The van der Waals surface area contributed by atoms with Crippen LogP contribution >= 0.6 is 0 Å². The van der Waals surface area contributed by atoms with E-state index < -0.39 is 5.56 Å². The van der Waals surface area contributed by atoms with Gasteiger partial charge in [0.25, 0.3) is 11.5 Å². The van der Waals surface area contributed by atoms with Crippen molar-refractivity contribution in [1.29, 1.82) is 0 Å². The van der Waals surface area contributed by atoms with Crippen molar-refractivity contribution in [2.45, 2.75) is 6.92 Å². The maximum Gasteiger partial charge on any atom is 0.280 e. The molecule has 2 aromatic rings. The third-order valence-corrected chi connectivity index (χ3v) is 2.01. The van der Waals surface area contributed by atoms with Crippen LogP contribution in [0.3, 0.4) is 0 Å². The summed E-state index contributed by atoms with van der Waals surface area (Å²) in [5, 5.41) is 0. The maximum absolute atomic E-state index is 11.7. The topological polar surface area (TPSA) is 107 Å². The lowest BCUT2D eigenvalue weighted by Crippen LogP contribution is -2.15. The molecule has 0 saturated carbocycles. The molecule has 0 fully saturated rings. The van der Waals surface area contributed by atoms with Gasteiger partial charge >= 0.3 is 0 Å². The first kappa shape index (κ1) is 10.1. The van der Waals surface area contributed by atoms with Crippen LogP contribution in [0, 0.1) is 0 Å². The number of carbonyl (C=O) groups excluding carboxylic acids is 1. The lowest BCUT2D eigenvalue weighted by molar-refractivity contribution is 0.0959. The monoisotopic (exact) mass is 219 g/mol. The number of aromatic nitrogens is 4. The summed E-state index contributed by atoms with van der Waals surface area (Å²) in [7, 11) is 0. The number of fused-ring (bicyclic) bond motifs is 1. The minimum absolute atomic E-state index is 0.0613. The standard InChI is InChI=1S/C9H9N5O2/c1-4(2)8(16)14-3-11-5-6(14)12-9(10)13-7(5)15/h3H,1H2,2H3,(H3,10,12,13,15). The minimum Gasteiger partial charge on any atom is -0.369 e. The van der Waals surface area contributed by atoms with Gasteiger partial charge in [-0.3, -0.25) is 14.6 Å². The van der Waals surface area contributed by atoms with Gasteiger partial charge in [0.1, 0.15) is 6.33 Å². The Hall–Kier alpha value is -2.44. The van der Waals surface area contributed by atoms with E-state index in [-0.39, 0.29) is 23.0 Å². The zero-order valence-electron chi connectivity index (χ0n) is 8.52. The number of nitrogens with one attached hydrogen (secondary N) is 1. The average Bonchev–Trinajstić information content (AvgIpc) is 2.60. The fourth-order valence-electron chi connectivity index (χ4n) is 1.28. The highest BCUT2D eigenvalue weighted by atomic mass is 16.2. The zero-order valence-corrected chi connectivity index (χ0v) is 8.52. The summed E-state index contributed by atoms with van der Waals surface area (Å²) in [6.07, 6.45) is 1.23. The van der Waals surface area contributed by atoms with Gasteiger partial charge in [0.15, 0.2) is 11.2 Å². The second kappa shape index (κ2) is 3.30. The van der Waals surface area contributed by atoms with Gasteiger partial charge in [0, 0.05) is 5.57 Å². The average molecular weight is 219 g/mol. The van der Waals surface area contributed by atoms with Crippen LogP contribution in [0.4, 0.5) is 5.95 Å². The Morgan fingerprint density at radius 1 is 1.62 bits per heavy atom. The lowest BCUT2D eigenvalue weighted by atomic mass is 10.3. The fraction of sp³-hybridized carbons (Fsp3) is 0.111. The molecule has 0 saturated heterocycles. The minimum atomic E-state index is -0.476. The van der Waals surface area contributed by atoms with E-state index in [0.29, 0.717) is 5.57 Å². The first-order valence-electron chi connectivity index (χ1n) is 4.43.